The van der Waals surface area contributed by atoms with E-state index >= 15 is 0 Å². The van der Waals surface area contributed by atoms with Crippen LogP contribution in [0.4, 0.5) is 8.78 Å². The first kappa shape index (κ1) is 24.9. The highest BCUT2D eigenvalue weighted by atomic mass is 35.5. The molecule has 0 saturated carbocycles. The van der Waals surface area contributed by atoms with E-state index in [1.165, 1.54) is 21.7 Å². The molecule has 1 aromatic carbocycles. The summed E-state index contributed by atoms with van der Waals surface area (Å²) in [6.45, 7) is 2.41. The van der Waals surface area contributed by atoms with Crippen LogP contribution in [0.3, 0.4) is 0 Å². The van der Waals surface area contributed by atoms with Crippen LogP contribution in [0, 0.1) is 17.6 Å². The molecule has 8 nitrogen and oxygen atoms in total. The predicted molar refractivity (Wildman–Crippen MR) is 125 cm³/mol. The van der Waals surface area contributed by atoms with Crippen molar-refractivity contribution in [1.82, 2.24) is 14.6 Å². The SMILES string of the molecule is CCOC(=O)C1=C(C2CCN(S(=O)O)CC2)NC(c2nccs2)=N[C@@H]1c1ccc(F)c(F)c1Cl. The Morgan fingerprint density at radius 3 is 2.74 bits per heavy atom. The number of hydrogen-bond acceptors (Lipinski definition) is 7. The highest BCUT2D eigenvalue weighted by Crippen LogP contribution is 2.40. The lowest BCUT2D eigenvalue weighted by Gasteiger charge is -2.35. The third-order valence-corrected chi connectivity index (χ3v) is 7.62. The Bertz CT molecular complexity index is 1170. The number of carbonyl (C=O) groups is 1. The fourth-order valence-corrected chi connectivity index (χ4v) is 5.41. The number of hydrogen-bond donors (Lipinski definition) is 2. The average Bonchev–Trinajstić information content (AvgIpc) is 3.37. The molecule has 0 bridgehead atoms. The van der Waals surface area contributed by atoms with Crippen molar-refractivity contribution in [3.05, 3.63) is 62.2 Å². The monoisotopic (exact) mass is 530 g/mol. The topological polar surface area (TPSA) is 104 Å². The molecule has 0 aliphatic carbocycles. The van der Waals surface area contributed by atoms with Crippen molar-refractivity contribution < 1.29 is 27.1 Å². The van der Waals surface area contributed by atoms with Gasteiger partial charge in [-0.05, 0) is 25.8 Å². The van der Waals surface area contributed by atoms with Gasteiger partial charge in [0.1, 0.15) is 6.04 Å². The zero-order chi connectivity index (χ0) is 24.4. The van der Waals surface area contributed by atoms with Crippen molar-refractivity contribution in [3.8, 4) is 0 Å². The van der Waals surface area contributed by atoms with E-state index in [1.54, 1.807) is 18.5 Å². The van der Waals surface area contributed by atoms with Gasteiger partial charge in [-0.2, -0.15) is 0 Å². The van der Waals surface area contributed by atoms with Crippen molar-refractivity contribution >= 4 is 46.0 Å². The van der Waals surface area contributed by atoms with Gasteiger partial charge in [0.25, 0.3) is 0 Å². The van der Waals surface area contributed by atoms with Gasteiger partial charge in [0, 0.05) is 41.8 Å². The molecule has 0 radical (unpaired) electrons. The van der Waals surface area contributed by atoms with Gasteiger partial charge in [-0.1, -0.05) is 17.7 Å². The van der Waals surface area contributed by atoms with Gasteiger partial charge < -0.3 is 10.1 Å². The number of thiazole rings is 1. The summed E-state index contributed by atoms with van der Waals surface area (Å²) in [5.41, 5.74) is 0.761. The Morgan fingerprint density at radius 1 is 1.38 bits per heavy atom. The number of ether oxygens (including phenoxy) is 1. The van der Waals surface area contributed by atoms with Crippen molar-refractivity contribution in [2.24, 2.45) is 10.9 Å². The third kappa shape index (κ3) is 4.91. The number of piperidine rings is 1. The lowest BCUT2D eigenvalue weighted by atomic mass is 9.86. The highest BCUT2D eigenvalue weighted by Gasteiger charge is 2.38. The molecule has 2 atom stereocenters. The van der Waals surface area contributed by atoms with E-state index < -0.39 is 39.9 Å². The summed E-state index contributed by atoms with van der Waals surface area (Å²) in [5, 5.41) is 5.04. The third-order valence-electron chi connectivity index (χ3n) is 5.65. The first-order valence-electron chi connectivity index (χ1n) is 10.5. The minimum Gasteiger partial charge on any atom is -0.463 e. The van der Waals surface area contributed by atoms with Crippen LogP contribution in [0.1, 0.15) is 36.4 Å². The van der Waals surface area contributed by atoms with Gasteiger partial charge >= 0.3 is 5.97 Å². The number of rotatable bonds is 6. The molecule has 2 aliphatic heterocycles. The fraction of sp³-hybridized carbons (Fsp3) is 0.381. The number of esters is 1. The maximum atomic E-state index is 14.4. The van der Waals surface area contributed by atoms with Crippen molar-refractivity contribution in [3.63, 3.8) is 0 Å². The minimum atomic E-state index is -2.09. The molecule has 0 amide bonds. The van der Waals surface area contributed by atoms with Crippen LogP contribution in [0.5, 0.6) is 0 Å². The Kier molecular flexibility index (Phi) is 7.73. The maximum absolute atomic E-state index is 14.4. The number of aliphatic imine (C=N–C) groups is 1. The summed E-state index contributed by atoms with van der Waals surface area (Å²) in [7, 11) is 0. The summed E-state index contributed by atoms with van der Waals surface area (Å²) in [6.07, 6.45) is 2.55. The van der Waals surface area contributed by atoms with Crippen LogP contribution in [0.15, 0.2) is 40.0 Å². The summed E-state index contributed by atoms with van der Waals surface area (Å²) >= 11 is 5.41. The van der Waals surface area contributed by atoms with Gasteiger partial charge in [0.2, 0.25) is 11.3 Å². The molecule has 2 N–H and O–H groups in total. The molecule has 2 aromatic rings. The minimum absolute atomic E-state index is 0.0961. The second-order valence-electron chi connectivity index (χ2n) is 7.59. The Morgan fingerprint density at radius 2 is 2.12 bits per heavy atom. The van der Waals surface area contributed by atoms with Gasteiger partial charge in [-0.15, -0.1) is 11.3 Å². The summed E-state index contributed by atoms with van der Waals surface area (Å²) in [4.78, 5) is 22.1. The van der Waals surface area contributed by atoms with E-state index in [2.05, 4.69) is 15.3 Å². The summed E-state index contributed by atoms with van der Waals surface area (Å²) < 4.78 is 55.8. The smallest absolute Gasteiger partial charge is 0.338 e. The second kappa shape index (κ2) is 10.6. The number of carbonyl (C=O) groups excluding carboxylic acids is 1. The lowest BCUT2D eigenvalue weighted by Crippen LogP contribution is -2.41. The van der Waals surface area contributed by atoms with Gasteiger partial charge in [0.15, 0.2) is 22.5 Å². The van der Waals surface area contributed by atoms with Crippen molar-refractivity contribution in [2.45, 2.75) is 25.8 Å². The molecule has 34 heavy (non-hydrogen) atoms. The molecule has 1 unspecified atom stereocenters. The molecule has 182 valence electrons. The largest absolute Gasteiger partial charge is 0.463 e. The molecule has 1 fully saturated rings. The molecule has 0 spiro atoms. The molecular weight excluding hydrogens is 510 g/mol. The summed E-state index contributed by atoms with van der Waals surface area (Å²) in [6, 6.07) is 1.17. The fourth-order valence-electron chi connectivity index (χ4n) is 4.05. The van der Waals surface area contributed by atoms with Crippen LogP contribution in [0.2, 0.25) is 5.02 Å². The number of amidine groups is 1. The quantitative estimate of drug-likeness (QED) is 0.334. The number of nitrogens with zero attached hydrogens (tertiary/aromatic N) is 3. The molecule has 1 saturated heterocycles. The van der Waals surface area contributed by atoms with Crippen LogP contribution < -0.4 is 5.32 Å². The molecule has 1 aromatic heterocycles. The number of halogens is 3. The van der Waals surface area contributed by atoms with E-state index in [0.717, 1.165) is 6.07 Å². The van der Waals surface area contributed by atoms with E-state index in [-0.39, 0.29) is 23.7 Å². The van der Waals surface area contributed by atoms with E-state index in [0.29, 0.717) is 42.5 Å². The number of benzene rings is 1. The Balaban J connectivity index is 1.85. The van der Waals surface area contributed by atoms with Crippen LogP contribution in [-0.2, 0) is 20.8 Å². The van der Waals surface area contributed by atoms with E-state index in [9.17, 15) is 22.3 Å². The molecule has 13 heteroatoms. The molecule has 4 rings (SSSR count). The molecule has 2 aliphatic rings. The van der Waals surface area contributed by atoms with Gasteiger partial charge in [-0.3, -0.25) is 9.55 Å². The standard InChI is InChI=1S/C21H21ClF2N4O4S2/c1-2-32-21(29)14-17(11-5-8-28(9-6-11)34(30)31)26-19(20-25-7-10-33-20)27-18(14)12-3-4-13(23)16(24)15(12)22/h3-4,7,10-11,18H,2,5-6,8-9H2,1H3,(H,26,27)(H,30,31)/t18-/m1/s1. The lowest BCUT2D eigenvalue weighted by molar-refractivity contribution is -0.139. The van der Waals surface area contributed by atoms with E-state index in [4.69, 9.17) is 16.3 Å². The maximum Gasteiger partial charge on any atom is 0.338 e. The number of allylic oxidation sites excluding steroid dienone is 1. The van der Waals surface area contributed by atoms with Gasteiger partial charge in [-0.25, -0.2) is 27.1 Å². The number of aromatic nitrogens is 1. The average molecular weight is 531 g/mol. The zero-order valence-corrected chi connectivity index (χ0v) is 20.4. The van der Waals surface area contributed by atoms with Crippen molar-refractivity contribution in [2.75, 3.05) is 19.7 Å². The zero-order valence-electron chi connectivity index (χ0n) is 18.0. The normalized spacial score (nSPS) is 20.6. The predicted octanol–water partition coefficient (Wildman–Crippen LogP) is 3.83. The van der Waals surface area contributed by atoms with Crippen molar-refractivity contribution in [1.29, 1.82) is 0 Å². The molecular formula is C21H21ClF2N4O4S2. The van der Waals surface area contributed by atoms with E-state index in [1.807, 2.05) is 0 Å². The number of nitrogens with one attached hydrogen (secondary N) is 1. The highest BCUT2D eigenvalue weighted by molar-refractivity contribution is 7.76. The Hall–Kier alpha value is -2.25. The van der Waals surface area contributed by atoms with Gasteiger partial charge in [0.05, 0.1) is 17.2 Å². The van der Waals surface area contributed by atoms with Crippen LogP contribution >= 0.6 is 22.9 Å². The first-order valence-corrected chi connectivity index (χ1v) is 12.8. The Labute approximate surface area is 206 Å². The summed E-state index contributed by atoms with van der Waals surface area (Å²) in [5.74, 6) is -2.86. The molecule has 3 heterocycles. The van der Waals surface area contributed by atoms with Crippen LogP contribution in [-0.4, -0.2) is 49.6 Å². The second-order valence-corrected chi connectivity index (χ2v) is 9.84. The van der Waals surface area contributed by atoms with Crippen LogP contribution in [0.25, 0.3) is 0 Å². The first-order chi connectivity index (χ1) is 16.3.